The summed E-state index contributed by atoms with van der Waals surface area (Å²) in [4.78, 5) is 15.7. The Morgan fingerprint density at radius 3 is 2.91 bits per heavy atom. The fourth-order valence-corrected chi connectivity index (χ4v) is 3.20. The second kappa shape index (κ2) is 6.52. The van der Waals surface area contributed by atoms with E-state index >= 15 is 0 Å². The summed E-state index contributed by atoms with van der Waals surface area (Å²) in [6, 6.07) is 10.4. The monoisotopic (exact) mass is 350 g/mol. The minimum Gasteiger partial charge on any atom is -0.469 e. The van der Waals surface area contributed by atoms with Crippen molar-refractivity contribution in [1.82, 2.24) is 4.98 Å². The van der Waals surface area contributed by atoms with Crippen molar-refractivity contribution in [2.24, 2.45) is 0 Å². The molecule has 0 saturated carbocycles. The van der Waals surface area contributed by atoms with Crippen molar-refractivity contribution >= 4 is 49.9 Å². The summed E-state index contributed by atoms with van der Waals surface area (Å²) in [5.74, 6) is -1.05. The molecule has 1 heterocycles. The van der Waals surface area contributed by atoms with Crippen LogP contribution in [-0.2, 0) is 16.0 Å². The van der Waals surface area contributed by atoms with Crippen LogP contribution in [0.25, 0.3) is 10.2 Å². The number of thiazole rings is 1. The van der Waals surface area contributed by atoms with Crippen molar-refractivity contribution in [3.8, 4) is 0 Å². The zero-order valence-electron chi connectivity index (χ0n) is 12.1. The zero-order valence-corrected chi connectivity index (χ0v) is 13.7. The molecule has 0 bridgehead atoms. The highest BCUT2D eigenvalue weighted by atomic mass is 35.5. The van der Waals surface area contributed by atoms with Crippen molar-refractivity contribution in [2.75, 3.05) is 12.4 Å². The van der Waals surface area contributed by atoms with Crippen LogP contribution < -0.4 is 5.32 Å². The van der Waals surface area contributed by atoms with Gasteiger partial charge in [0.2, 0.25) is 0 Å². The molecule has 4 nitrogen and oxygen atoms in total. The summed E-state index contributed by atoms with van der Waals surface area (Å²) < 4.78 is 19.7. The van der Waals surface area contributed by atoms with E-state index in [2.05, 4.69) is 15.0 Å². The van der Waals surface area contributed by atoms with Gasteiger partial charge in [0.15, 0.2) is 5.13 Å². The van der Waals surface area contributed by atoms with Gasteiger partial charge in [-0.15, -0.1) is 0 Å². The molecule has 118 valence electrons. The molecule has 7 heteroatoms. The molecule has 0 aliphatic heterocycles. The van der Waals surface area contributed by atoms with Gasteiger partial charge >= 0.3 is 5.97 Å². The molecule has 0 amide bonds. The second-order valence-electron chi connectivity index (χ2n) is 4.79. The number of rotatable bonds is 4. The van der Waals surface area contributed by atoms with E-state index < -0.39 is 11.8 Å². The molecule has 3 rings (SSSR count). The molecule has 2 aromatic carbocycles. The van der Waals surface area contributed by atoms with E-state index in [9.17, 15) is 9.18 Å². The van der Waals surface area contributed by atoms with Crippen LogP contribution in [0.1, 0.15) is 5.56 Å². The van der Waals surface area contributed by atoms with Crippen molar-refractivity contribution < 1.29 is 13.9 Å². The summed E-state index contributed by atoms with van der Waals surface area (Å²) in [6.07, 6.45) is -0.163. The Bertz CT molecular complexity index is 849. The summed E-state index contributed by atoms with van der Waals surface area (Å²) in [5.41, 5.74) is 1.45. The van der Waals surface area contributed by atoms with Crippen LogP contribution in [0.5, 0.6) is 0 Å². The third kappa shape index (κ3) is 3.43. The summed E-state index contributed by atoms with van der Waals surface area (Å²) in [5, 5.41) is 3.94. The molecule has 0 saturated heterocycles. The predicted molar refractivity (Wildman–Crippen MR) is 90.0 cm³/mol. The first-order valence-electron chi connectivity index (χ1n) is 6.74. The molecule has 0 radical (unpaired) electrons. The molecule has 0 unspecified atom stereocenters. The lowest BCUT2D eigenvalue weighted by Gasteiger charge is -2.09. The molecule has 23 heavy (non-hydrogen) atoms. The number of methoxy groups -OCH3 is 1. The molecule has 1 aromatic heterocycles. The van der Waals surface area contributed by atoms with Crippen LogP contribution in [0.3, 0.4) is 0 Å². The number of anilines is 2. The minimum absolute atomic E-state index is 0.163. The van der Waals surface area contributed by atoms with Crippen LogP contribution in [-0.4, -0.2) is 18.1 Å². The Morgan fingerprint density at radius 1 is 1.39 bits per heavy atom. The van der Waals surface area contributed by atoms with Gasteiger partial charge < -0.3 is 10.1 Å². The molecule has 0 fully saturated rings. The fraction of sp³-hybridized carbons (Fsp3) is 0.125. The van der Waals surface area contributed by atoms with Gasteiger partial charge in [0.1, 0.15) is 5.82 Å². The number of fused-ring (bicyclic) bond motifs is 1. The number of carbonyl (C=O) groups excluding carboxylic acids is 1. The van der Waals surface area contributed by atoms with Crippen LogP contribution in [0, 0.1) is 5.82 Å². The molecular weight excluding hydrogens is 339 g/mol. The average molecular weight is 351 g/mol. The Morgan fingerprint density at radius 2 is 2.17 bits per heavy atom. The Hall–Kier alpha value is -2.18. The topological polar surface area (TPSA) is 51.2 Å². The Balaban J connectivity index is 1.88. The maximum atomic E-state index is 14.1. The summed E-state index contributed by atoms with van der Waals surface area (Å²) in [6.45, 7) is 0. The van der Waals surface area contributed by atoms with E-state index in [1.165, 1.54) is 30.6 Å². The van der Waals surface area contributed by atoms with Gasteiger partial charge in [-0.25, -0.2) is 9.37 Å². The fourth-order valence-electron chi connectivity index (χ4n) is 2.09. The number of nitrogens with zero attached hydrogens (tertiary/aromatic N) is 1. The van der Waals surface area contributed by atoms with Gasteiger partial charge in [-0.05, 0) is 24.3 Å². The zero-order chi connectivity index (χ0) is 16.4. The minimum atomic E-state index is -0.525. The molecule has 3 aromatic rings. The van der Waals surface area contributed by atoms with Crippen LogP contribution in [0.15, 0.2) is 36.4 Å². The number of hydrogen-bond donors (Lipinski definition) is 1. The standard InChI is InChI=1S/C16H12ClFN2O2S/c1-22-15(21)7-9-6-10(17)13(8-11(9)18)20-16-19-12-4-2-3-5-14(12)23-16/h2-6,8H,7H2,1H3,(H,19,20). The maximum Gasteiger partial charge on any atom is 0.310 e. The van der Waals surface area contributed by atoms with E-state index in [-0.39, 0.29) is 12.0 Å². The largest absolute Gasteiger partial charge is 0.469 e. The normalized spacial score (nSPS) is 10.7. The SMILES string of the molecule is COC(=O)Cc1cc(Cl)c(Nc2nc3ccccc3s2)cc1F. The van der Waals surface area contributed by atoms with Gasteiger partial charge in [0.25, 0.3) is 0 Å². The third-order valence-corrected chi connectivity index (χ3v) is 4.50. The van der Waals surface area contributed by atoms with Gasteiger partial charge in [0.05, 0.1) is 34.5 Å². The van der Waals surface area contributed by atoms with Crippen LogP contribution >= 0.6 is 22.9 Å². The van der Waals surface area contributed by atoms with E-state index in [0.717, 1.165) is 10.2 Å². The number of nitrogens with one attached hydrogen (secondary N) is 1. The highest BCUT2D eigenvalue weighted by molar-refractivity contribution is 7.22. The maximum absolute atomic E-state index is 14.1. The van der Waals surface area contributed by atoms with E-state index in [4.69, 9.17) is 11.6 Å². The second-order valence-corrected chi connectivity index (χ2v) is 6.23. The van der Waals surface area contributed by atoms with Crippen LogP contribution in [0.2, 0.25) is 5.02 Å². The van der Waals surface area contributed by atoms with E-state index in [0.29, 0.717) is 15.8 Å². The third-order valence-electron chi connectivity index (χ3n) is 3.23. The number of esters is 1. The molecule has 1 N–H and O–H groups in total. The highest BCUT2D eigenvalue weighted by Crippen LogP contribution is 2.32. The Kier molecular flexibility index (Phi) is 4.45. The number of aromatic nitrogens is 1. The molecule has 0 aliphatic carbocycles. The number of carbonyl (C=O) groups is 1. The predicted octanol–water partition coefficient (Wildman–Crippen LogP) is 4.55. The van der Waals surface area contributed by atoms with Gasteiger partial charge in [-0.2, -0.15) is 0 Å². The van der Waals surface area contributed by atoms with Gasteiger partial charge in [-0.3, -0.25) is 4.79 Å². The Labute approximate surface area is 140 Å². The summed E-state index contributed by atoms with van der Waals surface area (Å²) >= 11 is 7.62. The van der Waals surface area contributed by atoms with Crippen molar-refractivity contribution in [2.45, 2.75) is 6.42 Å². The number of benzene rings is 2. The first kappa shape index (κ1) is 15.7. The van der Waals surface area contributed by atoms with E-state index in [1.54, 1.807) is 0 Å². The molecule has 0 aliphatic rings. The quantitative estimate of drug-likeness (QED) is 0.701. The number of ether oxygens (including phenoxy) is 1. The smallest absolute Gasteiger partial charge is 0.310 e. The lowest BCUT2D eigenvalue weighted by molar-refractivity contribution is -0.139. The van der Waals surface area contributed by atoms with Crippen molar-refractivity contribution in [3.63, 3.8) is 0 Å². The first-order chi connectivity index (χ1) is 11.1. The number of para-hydroxylation sites is 1. The lowest BCUT2D eigenvalue weighted by atomic mass is 10.1. The first-order valence-corrected chi connectivity index (χ1v) is 7.93. The molecule has 0 spiro atoms. The number of hydrogen-bond acceptors (Lipinski definition) is 5. The van der Waals surface area contributed by atoms with Crippen LogP contribution in [0.4, 0.5) is 15.2 Å². The van der Waals surface area contributed by atoms with Crippen molar-refractivity contribution in [1.29, 1.82) is 0 Å². The van der Waals surface area contributed by atoms with E-state index in [1.807, 2.05) is 24.3 Å². The molecule has 0 atom stereocenters. The molecular formula is C16H12ClFN2O2S. The average Bonchev–Trinajstić information content (AvgIpc) is 2.94. The lowest BCUT2D eigenvalue weighted by Crippen LogP contribution is -2.06. The van der Waals surface area contributed by atoms with Gasteiger partial charge in [-0.1, -0.05) is 35.1 Å². The number of halogens is 2. The van der Waals surface area contributed by atoms with Crippen molar-refractivity contribution in [3.05, 3.63) is 52.8 Å². The highest BCUT2D eigenvalue weighted by Gasteiger charge is 2.13. The van der Waals surface area contributed by atoms with Gasteiger partial charge in [0, 0.05) is 5.56 Å². The summed E-state index contributed by atoms with van der Waals surface area (Å²) in [7, 11) is 1.25.